The third-order valence-corrected chi connectivity index (χ3v) is 5.03. The van der Waals surface area contributed by atoms with Gasteiger partial charge in [-0.05, 0) is 50.6 Å². The maximum Gasteiger partial charge on any atom is 0.422 e. The minimum Gasteiger partial charge on any atom is -0.488 e. The molecule has 2 N–H and O–H groups in total. The van der Waals surface area contributed by atoms with Crippen molar-refractivity contribution < 1.29 is 32.2 Å². The number of alkyl halides is 3. The standard InChI is InChI=1S/C28H32F3N3O4/c1-21(33-14-9-16-37-26(35)22-10-5-4-6-11-22)23(19-32)18-27(2,3)34-15-17-36-24-12-7-8-13-25(24)38-20-28(29,30)31/h4-8,10-13,18,33-34H,1,9,14-17,20H2,2-3H3/b23-18-. The van der Waals surface area contributed by atoms with Crippen molar-refractivity contribution in [2.24, 2.45) is 0 Å². The summed E-state index contributed by atoms with van der Waals surface area (Å²) in [6.45, 7) is 7.42. The van der Waals surface area contributed by atoms with E-state index in [0.29, 0.717) is 36.3 Å². The van der Waals surface area contributed by atoms with Crippen LogP contribution >= 0.6 is 0 Å². The van der Waals surface area contributed by atoms with E-state index in [-0.39, 0.29) is 24.7 Å². The number of nitrogens with zero attached hydrogens (tertiary/aromatic N) is 1. The van der Waals surface area contributed by atoms with E-state index in [0.717, 1.165) is 0 Å². The van der Waals surface area contributed by atoms with Crippen LogP contribution in [0.5, 0.6) is 11.5 Å². The Kier molecular flexibility index (Phi) is 11.7. The van der Waals surface area contributed by atoms with Crippen LogP contribution in [0.15, 0.2) is 78.5 Å². The van der Waals surface area contributed by atoms with Crippen molar-refractivity contribution in [3.05, 3.63) is 84.1 Å². The number of benzene rings is 2. The molecule has 10 heteroatoms. The van der Waals surface area contributed by atoms with Crippen LogP contribution in [0.1, 0.15) is 30.6 Å². The number of halogens is 3. The molecule has 0 atom stereocenters. The topological polar surface area (TPSA) is 92.6 Å². The minimum atomic E-state index is -4.45. The summed E-state index contributed by atoms with van der Waals surface area (Å²) in [5.41, 5.74) is 0.648. The summed E-state index contributed by atoms with van der Waals surface area (Å²) in [5, 5.41) is 15.9. The van der Waals surface area contributed by atoms with E-state index in [1.807, 2.05) is 19.9 Å². The molecule has 0 aliphatic rings. The van der Waals surface area contributed by atoms with Gasteiger partial charge >= 0.3 is 12.1 Å². The molecule has 0 amide bonds. The summed E-state index contributed by atoms with van der Waals surface area (Å²) >= 11 is 0. The number of rotatable bonds is 15. The molecule has 38 heavy (non-hydrogen) atoms. The van der Waals surface area contributed by atoms with Crippen LogP contribution in [-0.4, -0.2) is 50.6 Å². The highest BCUT2D eigenvalue weighted by Gasteiger charge is 2.29. The fourth-order valence-electron chi connectivity index (χ4n) is 3.21. The van der Waals surface area contributed by atoms with Gasteiger partial charge in [0.15, 0.2) is 18.1 Å². The third-order valence-electron chi connectivity index (χ3n) is 5.03. The Hall–Kier alpha value is -3.97. The fourth-order valence-corrected chi connectivity index (χ4v) is 3.21. The first kappa shape index (κ1) is 30.3. The summed E-state index contributed by atoms with van der Waals surface area (Å²) < 4.78 is 53.0. The molecule has 2 aromatic carbocycles. The van der Waals surface area contributed by atoms with E-state index in [9.17, 15) is 23.2 Å². The molecule has 0 unspecified atom stereocenters. The Morgan fingerprint density at radius 2 is 1.63 bits per heavy atom. The fraction of sp³-hybridized carbons (Fsp3) is 0.357. The highest BCUT2D eigenvalue weighted by atomic mass is 19.4. The van der Waals surface area contributed by atoms with Crippen LogP contribution in [-0.2, 0) is 4.74 Å². The number of carbonyl (C=O) groups excluding carboxylic acids is 1. The van der Waals surface area contributed by atoms with Gasteiger partial charge in [0.2, 0.25) is 0 Å². The maximum atomic E-state index is 12.5. The highest BCUT2D eigenvalue weighted by Crippen LogP contribution is 2.28. The predicted molar refractivity (Wildman–Crippen MR) is 138 cm³/mol. The summed E-state index contributed by atoms with van der Waals surface area (Å²) in [6, 6.07) is 17.0. The Bertz CT molecular complexity index is 1130. The van der Waals surface area contributed by atoms with Gasteiger partial charge in [0.25, 0.3) is 0 Å². The lowest BCUT2D eigenvalue weighted by Crippen LogP contribution is -2.40. The molecule has 0 fully saturated rings. The van der Waals surface area contributed by atoms with Crippen molar-refractivity contribution in [2.75, 3.05) is 32.9 Å². The highest BCUT2D eigenvalue weighted by molar-refractivity contribution is 5.89. The lowest BCUT2D eigenvalue weighted by atomic mass is 10.0. The summed E-state index contributed by atoms with van der Waals surface area (Å²) in [4.78, 5) is 11.9. The molecular weight excluding hydrogens is 499 g/mol. The van der Waals surface area contributed by atoms with E-state index < -0.39 is 24.3 Å². The van der Waals surface area contributed by atoms with Gasteiger partial charge in [0.05, 0.1) is 17.7 Å². The maximum absolute atomic E-state index is 12.5. The van der Waals surface area contributed by atoms with Crippen LogP contribution in [0, 0.1) is 11.3 Å². The quantitative estimate of drug-likeness (QED) is 0.142. The lowest BCUT2D eigenvalue weighted by Gasteiger charge is -2.24. The molecule has 2 aromatic rings. The number of nitrogens with one attached hydrogen (secondary N) is 2. The number of hydrogen-bond donors (Lipinski definition) is 2. The van der Waals surface area contributed by atoms with Gasteiger partial charge in [-0.15, -0.1) is 0 Å². The number of carbonyl (C=O) groups is 1. The Morgan fingerprint density at radius 3 is 2.26 bits per heavy atom. The lowest BCUT2D eigenvalue weighted by molar-refractivity contribution is -0.153. The van der Waals surface area contributed by atoms with Crippen LogP contribution in [0.2, 0.25) is 0 Å². The zero-order valence-electron chi connectivity index (χ0n) is 21.4. The molecule has 204 valence electrons. The SMILES string of the molecule is C=C(NCCCOC(=O)c1ccccc1)/C(C#N)=C\C(C)(C)NCCOc1ccccc1OCC(F)(F)F. The van der Waals surface area contributed by atoms with Crippen LogP contribution in [0.3, 0.4) is 0 Å². The molecule has 0 heterocycles. The van der Waals surface area contributed by atoms with E-state index in [4.69, 9.17) is 14.2 Å². The van der Waals surface area contributed by atoms with Crippen LogP contribution < -0.4 is 20.1 Å². The summed E-state index contributed by atoms with van der Waals surface area (Å²) in [5.74, 6) is -0.180. The van der Waals surface area contributed by atoms with Crippen molar-refractivity contribution in [3.63, 3.8) is 0 Å². The number of esters is 1. The molecular formula is C28H32F3N3O4. The van der Waals surface area contributed by atoms with Gasteiger partial charge in [-0.2, -0.15) is 18.4 Å². The number of nitriles is 1. The molecule has 0 aromatic heterocycles. The summed E-state index contributed by atoms with van der Waals surface area (Å²) in [6.07, 6.45) is -2.20. The van der Waals surface area contributed by atoms with E-state index >= 15 is 0 Å². The monoisotopic (exact) mass is 531 g/mol. The average molecular weight is 532 g/mol. The average Bonchev–Trinajstić information content (AvgIpc) is 2.88. The first-order chi connectivity index (χ1) is 18.0. The smallest absolute Gasteiger partial charge is 0.422 e. The Labute approximate surface area is 220 Å². The molecule has 0 bridgehead atoms. The molecule has 0 spiro atoms. The second kappa shape index (κ2) is 14.7. The molecule has 0 saturated carbocycles. The zero-order valence-corrected chi connectivity index (χ0v) is 21.4. The Balaban J connectivity index is 1.76. The molecule has 7 nitrogen and oxygen atoms in total. The van der Waals surface area contributed by atoms with Crippen molar-refractivity contribution in [2.45, 2.75) is 32.0 Å². The van der Waals surface area contributed by atoms with Gasteiger partial charge in [-0.1, -0.05) is 36.9 Å². The number of hydrogen-bond acceptors (Lipinski definition) is 7. The normalized spacial score (nSPS) is 11.8. The first-order valence-corrected chi connectivity index (χ1v) is 12.0. The van der Waals surface area contributed by atoms with Crippen LogP contribution in [0.4, 0.5) is 13.2 Å². The molecule has 0 aliphatic carbocycles. The summed E-state index contributed by atoms with van der Waals surface area (Å²) in [7, 11) is 0. The Morgan fingerprint density at radius 1 is 1.00 bits per heavy atom. The number of ether oxygens (including phenoxy) is 3. The van der Waals surface area contributed by atoms with E-state index in [2.05, 4.69) is 23.3 Å². The molecule has 0 aliphatic heterocycles. The van der Waals surface area contributed by atoms with Crippen LogP contribution in [0.25, 0.3) is 0 Å². The van der Waals surface area contributed by atoms with Crippen molar-refractivity contribution >= 4 is 5.97 Å². The van der Waals surface area contributed by atoms with Gasteiger partial charge < -0.3 is 24.8 Å². The second-order valence-electron chi connectivity index (χ2n) is 8.78. The molecule has 0 radical (unpaired) electrons. The van der Waals surface area contributed by atoms with Gasteiger partial charge in [0, 0.05) is 24.3 Å². The second-order valence-corrected chi connectivity index (χ2v) is 8.78. The molecule has 0 saturated heterocycles. The van der Waals surface area contributed by atoms with Crippen molar-refractivity contribution in [1.82, 2.24) is 10.6 Å². The van der Waals surface area contributed by atoms with Crippen molar-refractivity contribution in [1.29, 1.82) is 5.26 Å². The zero-order chi connectivity index (χ0) is 28.0. The van der Waals surface area contributed by atoms with E-state index in [1.165, 1.54) is 12.1 Å². The van der Waals surface area contributed by atoms with Gasteiger partial charge in [-0.25, -0.2) is 4.79 Å². The largest absolute Gasteiger partial charge is 0.488 e. The minimum absolute atomic E-state index is 0.00736. The van der Waals surface area contributed by atoms with Gasteiger partial charge in [0.1, 0.15) is 12.7 Å². The third kappa shape index (κ3) is 11.4. The van der Waals surface area contributed by atoms with E-state index in [1.54, 1.807) is 42.5 Å². The number of allylic oxidation sites excluding steroid dienone is 1. The first-order valence-electron chi connectivity index (χ1n) is 12.0. The van der Waals surface area contributed by atoms with Gasteiger partial charge in [-0.3, -0.25) is 0 Å². The van der Waals surface area contributed by atoms with Crippen molar-refractivity contribution in [3.8, 4) is 17.6 Å². The predicted octanol–water partition coefficient (Wildman–Crippen LogP) is 5.18. The number of para-hydroxylation sites is 2. The molecule has 2 rings (SSSR count).